The zero-order valence-corrected chi connectivity index (χ0v) is 10.8. The number of nitrogens with two attached hydrogens (primary N) is 2. The Morgan fingerprint density at radius 2 is 2.22 bits per heavy atom. The Bertz CT molecular complexity index is 433. The summed E-state index contributed by atoms with van der Waals surface area (Å²) in [6.07, 6.45) is 2.71. The molecule has 0 fully saturated rings. The van der Waals surface area contributed by atoms with Crippen LogP contribution in [-0.4, -0.2) is 24.5 Å². The predicted octanol–water partition coefficient (Wildman–Crippen LogP) is 1.03. The van der Waals surface area contributed by atoms with Crippen LogP contribution in [0.1, 0.15) is 25.3 Å². The number of hydrogen-bond donors (Lipinski definition) is 2. The summed E-state index contributed by atoms with van der Waals surface area (Å²) in [6.45, 7) is 2.54. The van der Waals surface area contributed by atoms with E-state index in [-0.39, 0.29) is 18.0 Å². The second-order valence-electron chi connectivity index (χ2n) is 4.79. The summed E-state index contributed by atoms with van der Waals surface area (Å²) in [5, 5.41) is 0. The third kappa shape index (κ3) is 2.20. The summed E-state index contributed by atoms with van der Waals surface area (Å²) in [5.74, 6) is -0.271. The second-order valence-corrected chi connectivity index (χ2v) is 4.79. The first-order chi connectivity index (χ1) is 8.69. The van der Waals surface area contributed by atoms with Gasteiger partial charge in [0.1, 0.15) is 6.04 Å². The van der Waals surface area contributed by atoms with Gasteiger partial charge in [0.2, 0.25) is 5.91 Å². The standard InChI is InChI=1S/C14H21N3O/c1-2-12(14(16)18)17-11(9-15)8-7-10-5-3-4-6-13(10)17/h3-6,11-12H,2,7-9,15H2,1H3,(H2,16,18). The van der Waals surface area contributed by atoms with E-state index < -0.39 is 0 Å². The molecule has 18 heavy (non-hydrogen) atoms. The van der Waals surface area contributed by atoms with E-state index in [0.717, 1.165) is 18.5 Å². The average Bonchev–Trinajstić information content (AvgIpc) is 2.39. The van der Waals surface area contributed by atoms with Gasteiger partial charge in [-0.2, -0.15) is 0 Å². The fraction of sp³-hybridized carbons (Fsp3) is 0.500. The number of aryl methyl sites for hydroxylation is 1. The summed E-state index contributed by atoms with van der Waals surface area (Å²) < 4.78 is 0. The van der Waals surface area contributed by atoms with Crippen LogP contribution in [0.5, 0.6) is 0 Å². The first kappa shape index (κ1) is 12.9. The molecular weight excluding hydrogens is 226 g/mol. The number of fused-ring (bicyclic) bond motifs is 1. The van der Waals surface area contributed by atoms with Gasteiger partial charge in [0.05, 0.1) is 0 Å². The van der Waals surface area contributed by atoms with Crippen molar-refractivity contribution in [3.05, 3.63) is 29.8 Å². The Labute approximate surface area is 108 Å². The molecule has 98 valence electrons. The van der Waals surface area contributed by atoms with Crippen LogP contribution in [0.3, 0.4) is 0 Å². The number of rotatable bonds is 4. The minimum Gasteiger partial charge on any atom is -0.368 e. The van der Waals surface area contributed by atoms with E-state index in [2.05, 4.69) is 17.0 Å². The van der Waals surface area contributed by atoms with Gasteiger partial charge in [0, 0.05) is 18.3 Å². The summed E-state index contributed by atoms with van der Waals surface area (Å²) in [7, 11) is 0. The lowest BCUT2D eigenvalue weighted by atomic mass is 9.93. The monoisotopic (exact) mass is 247 g/mol. The molecule has 4 heteroatoms. The van der Waals surface area contributed by atoms with Crippen molar-refractivity contribution in [1.29, 1.82) is 0 Å². The van der Waals surface area contributed by atoms with Crippen molar-refractivity contribution < 1.29 is 4.79 Å². The summed E-state index contributed by atoms with van der Waals surface area (Å²) in [4.78, 5) is 13.8. The Morgan fingerprint density at radius 1 is 1.50 bits per heavy atom. The van der Waals surface area contributed by atoms with Crippen LogP contribution in [0.25, 0.3) is 0 Å². The first-order valence-corrected chi connectivity index (χ1v) is 6.54. The van der Waals surface area contributed by atoms with Gasteiger partial charge < -0.3 is 16.4 Å². The van der Waals surface area contributed by atoms with E-state index in [1.54, 1.807) is 0 Å². The number of benzene rings is 1. The number of hydrogen-bond acceptors (Lipinski definition) is 3. The minimum absolute atomic E-state index is 0.206. The third-order valence-electron chi connectivity index (χ3n) is 3.73. The quantitative estimate of drug-likeness (QED) is 0.834. The highest BCUT2D eigenvalue weighted by molar-refractivity contribution is 5.84. The van der Waals surface area contributed by atoms with Crippen LogP contribution in [0.4, 0.5) is 5.69 Å². The molecule has 1 heterocycles. The van der Waals surface area contributed by atoms with E-state index in [4.69, 9.17) is 11.5 Å². The zero-order valence-electron chi connectivity index (χ0n) is 10.8. The fourth-order valence-electron chi connectivity index (χ4n) is 2.82. The molecule has 0 aliphatic carbocycles. The highest BCUT2D eigenvalue weighted by atomic mass is 16.1. The number of para-hydroxylation sites is 1. The molecule has 2 atom stereocenters. The van der Waals surface area contributed by atoms with Gasteiger partial charge in [-0.3, -0.25) is 4.79 Å². The molecule has 0 saturated carbocycles. The number of carbonyl (C=O) groups is 1. The maximum Gasteiger partial charge on any atom is 0.240 e. The molecule has 2 unspecified atom stereocenters. The molecule has 1 aliphatic rings. The van der Waals surface area contributed by atoms with E-state index in [0.29, 0.717) is 13.0 Å². The lowest BCUT2D eigenvalue weighted by Crippen LogP contribution is -2.54. The minimum atomic E-state index is -0.271. The molecule has 1 aromatic carbocycles. The molecule has 0 saturated heterocycles. The third-order valence-corrected chi connectivity index (χ3v) is 3.73. The van der Waals surface area contributed by atoms with Crippen LogP contribution >= 0.6 is 0 Å². The highest BCUT2D eigenvalue weighted by Gasteiger charge is 2.32. The predicted molar refractivity (Wildman–Crippen MR) is 73.4 cm³/mol. The Morgan fingerprint density at radius 3 is 2.83 bits per heavy atom. The number of nitrogens with zero attached hydrogens (tertiary/aromatic N) is 1. The van der Waals surface area contributed by atoms with Gasteiger partial charge in [-0.05, 0) is 30.9 Å². The fourth-order valence-corrected chi connectivity index (χ4v) is 2.82. The van der Waals surface area contributed by atoms with Crippen molar-refractivity contribution in [1.82, 2.24) is 0 Å². The van der Waals surface area contributed by atoms with Crippen molar-refractivity contribution in [2.75, 3.05) is 11.4 Å². The highest BCUT2D eigenvalue weighted by Crippen LogP contribution is 2.32. The maximum absolute atomic E-state index is 11.6. The smallest absolute Gasteiger partial charge is 0.240 e. The van der Waals surface area contributed by atoms with Gasteiger partial charge in [-0.25, -0.2) is 0 Å². The van der Waals surface area contributed by atoms with Crippen molar-refractivity contribution in [2.45, 2.75) is 38.3 Å². The Balaban J connectivity index is 2.42. The molecule has 0 spiro atoms. The Kier molecular flexibility index (Phi) is 3.87. The van der Waals surface area contributed by atoms with Crippen molar-refractivity contribution in [2.24, 2.45) is 11.5 Å². The largest absolute Gasteiger partial charge is 0.368 e. The van der Waals surface area contributed by atoms with Crippen molar-refractivity contribution >= 4 is 11.6 Å². The molecule has 0 bridgehead atoms. The van der Waals surface area contributed by atoms with Gasteiger partial charge >= 0.3 is 0 Å². The summed E-state index contributed by atoms with van der Waals surface area (Å²) >= 11 is 0. The van der Waals surface area contributed by atoms with E-state index in [1.807, 2.05) is 19.1 Å². The average molecular weight is 247 g/mol. The molecular formula is C14H21N3O. The molecule has 2 rings (SSSR count). The molecule has 0 aromatic heterocycles. The second kappa shape index (κ2) is 5.40. The first-order valence-electron chi connectivity index (χ1n) is 6.54. The van der Waals surface area contributed by atoms with Crippen molar-refractivity contribution in [3.63, 3.8) is 0 Å². The van der Waals surface area contributed by atoms with Gasteiger partial charge in [-0.15, -0.1) is 0 Å². The molecule has 1 amide bonds. The zero-order chi connectivity index (χ0) is 13.1. The van der Waals surface area contributed by atoms with Crippen molar-refractivity contribution in [3.8, 4) is 0 Å². The number of anilines is 1. The lowest BCUT2D eigenvalue weighted by molar-refractivity contribution is -0.119. The topological polar surface area (TPSA) is 72.4 Å². The van der Waals surface area contributed by atoms with Crippen LogP contribution < -0.4 is 16.4 Å². The maximum atomic E-state index is 11.6. The summed E-state index contributed by atoms with van der Waals surface area (Å²) in [6, 6.07) is 8.15. The molecule has 4 nitrogen and oxygen atoms in total. The molecule has 1 aliphatic heterocycles. The molecule has 0 radical (unpaired) electrons. The Hall–Kier alpha value is -1.55. The van der Waals surface area contributed by atoms with Crippen LogP contribution in [0.2, 0.25) is 0 Å². The number of carbonyl (C=O) groups excluding carboxylic acids is 1. The van der Waals surface area contributed by atoms with Crippen LogP contribution in [-0.2, 0) is 11.2 Å². The number of amides is 1. The van der Waals surface area contributed by atoms with E-state index in [1.165, 1.54) is 5.56 Å². The lowest BCUT2D eigenvalue weighted by Gasteiger charge is -2.42. The van der Waals surface area contributed by atoms with Gasteiger partial charge in [-0.1, -0.05) is 25.1 Å². The van der Waals surface area contributed by atoms with E-state index in [9.17, 15) is 4.79 Å². The molecule has 4 N–H and O–H groups in total. The normalized spacial score (nSPS) is 20.3. The van der Waals surface area contributed by atoms with Crippen LogP contribution in [0, 0.1) is 0 Å². The van der Waals surface area contributed by atoms with E-state index >= 15 is 0 Å². The SMILES string of the molecule is CCC(C(N)=O)N1c2ccccc2CCC1CN. The summed E-state index contributed by atoms with van der Waals surface area (Å²) in [5.41, 5.74) is 13.8. The number of primary amides is 1. The molecule has 1 aromatic rings. The van der Waals surface area contributed by atoms with Crippen LogP contribution in [0.15, 0.2) is 24.3 Å². The van der Waals surface area contributed by atoms with Gasteiger partial charge in [0.25, 0.3) is 0 Å². The van der Waals surface area contributed by atoms with Gasteiger partial charge in [0.15, 0.2) is 0 Å².